The Labute approximate surface area is 181 Å². The van der Waals surface area contributed by atoms with E-state index in [1.54, 1.807) is 31.5 Å². The number of pyridine rings is 1. The van der Waals surface area contributed by atoms with E-state index in [1.807, 2.05) is 4.72 Å². The standard InChI is InChI=1S/C20H18F2N6O3S/c1-2-7-32(30,31)28-16-4-3-14(21)17(18(16)22)20(29)26-11-8-12-13(15-5-6-25-27-15)10-24-19(12)23-9-11/h3-6,8-10,28H,2,7H2,1H3,(H,23,24)(H,25,27)(H,26,29). The number of carbonyl (C=O) groups is 1. The zero-order valence-electron chi connectivity index (χ0n) is 16.7. The molecule has 3 aromatic heterocycles. The third-order valence-electron chi connectivity index (χ3n) is 4.64. The maximum absolute atomic E-state index is 14.9. The number of H-pyrrole nitrogens is 2. The number of nitrogens with zero attached hydrogens (tertiary/aromatic N) is 2. The van der Waals surface area contributed by atoms with E-state index in [1.165, 1.54) is 6.20 Å². The van der Waals surface area contributed by atoms with Crippen LogP contribution >= 0.6 is 0 Å². The Bertz CT molecular complexity index is 1400. The average molecular weight is 460 g/mol. The van der Waals surface area contributed by atoms with Crippen LogP contribution in [0.15, 0.2) is 42.9 Å². The van der Waals surface area contributed by atoms with Crippen molar-refractivity contribution in [1.82, 2.24) is 20.2 Å². The lowest BCUT2D eigenvalue weighted by Gasteiger charge is -2.12. The van der Waals surface area contributed by atoms with E-state index in [4.69, 9.17) is 0 Å². The minimum Gasteiger partial charge on any atom is -0.345 e. The Balaban J connectivity index is 1.65. The summed E-state index contributed by atoms with van der Waals surface area (Å²) in [6, 6.07) is 5.10. The Kier molecular flexibility index (Phi) is 5.61. The van der Waals surface area contributed by atoms with Gasteiger partial charge in [0, 0.05) is 23.3 Å². The van der Waals surface area contributed by atoms with Crippen molar-refractivity contribution in [2.24, 2.45) is 0 Å². The quantitative estimate of drug-likeness (QED) is 0.334. The average Bonchev–Trinajstić information content (AvgIpc) is 3.39. The Morgan fingerprint density at radius 1 is 1.22 bits per heavy atom. The van der Waals surface area contributed by atoms with E-state index in [0.717, 1.165) is 17.7 Å². The number of sulfonamides is 1. The normalized spacial score (nSPS) is 11.6. The third kappa shape index (κ3) is 4.17. The summed E-state index contributed by atoms with van der Waals surface area (Å²) in [5.74, 6) is -3.77. The lowest BCUT2D eigenvalue weighted by Crippen LogP contribution is -2.20. The molecule has 0 aliphatic rings. The van der Waals surface area contributed by atoms with Crippen LogP contribution in [0, 0.1) is 11.6 Å². The molecule has 0 spiro atoms. The van der Waals surface area contributed by atoms with E-state index < -0.39 is 38.8 Å². The van der Waals surface area contributed by atoms with Crippen LogP contribution in [-0.2, 0) is 10.0 Å². The van der Waals surface area contributed by atoms with E-state index >= 15 is 0 Å². The van der Waals surface area contributed by atoms with Gasteiger partial charge in [-0.3, -0.25) is 14.6 Å². The monoisotopic (exact) mass is 460 g/mol. The number of hydrogen-bond donors (Lipinski definition) is 4. The lowest BCUT2D eigenvalue weighted by atomic mass is 10.1. The molecule has 4 N–H and O–H groups in total. The van der Waals surface area contributed by atoms with Crippen molar-refractivity contribution in [2.75, 3.05) is 15.8 Å². The molecule has 166 valence electrons. The maximum Gasteiger partial charge on any atom is 0.261 e. The Morgan fingerprint density at radius 2 is 2.03 bits per heavy atom. The lowest BCUT2D eigenvalue weighted by molar-refractivity contribution is 0.101. The van der Waals surface area contributed by atoms with Gasteiger partial charge in [0.25, 0.3) is 5.91 Å². The number of aromatic amines is 2. The molecule has 4 aromatic rings. The van der Waals surface area contributed by atoms with Crippen LogP contribution in [0.1, 0.15) is 23.7 Å². The first-order valence-corrected chi connectivity index (χ1v) is 11.2. The molecule has 0 atom stereocenters. The smallest absolute Gasteiger partial charge is 0.261 e. The van der Waals surface area contributed by atoms with E-state index in [0.29, 0.717) is 23.1 Å². The second-order valence-electron chi connectivity index (χ2n) is 6.95. The number of halogens is 2. The topological polar surface area (TPSA) is 133 Å². The summed E-state index contributed by atoms with van der Waals surface area (Å²) in [6.45, 7) is 1.65. The summed E-state index contributed by atoms with van der Waals surface area (Å²) in [5, 5.41) is 9.78. The largest absolute Gasteiger partial charge is 0.345 e. The summed E-state index contributed by atoms with van der Waals surface area (Å²) in [5.41, 5.74) is 0.766. The fourth-order valence-corrected chi connectivity index (χ4v) is 4.35. The van der Waals surface area contributed by atoms with Crippen LogP contribution < -0.4 is 10.0 Å². The van der Waals surface area contributed by atoms with Gasteiger partial charge in [-0.25, -0.2) is 22.2 Å². The van der Waals surface area contributed by atoms with Gasteiger partial charge < -0.3 is 10.3 Å². The molecule has 12 heteroatoms. The minimum atomic E-state index is -3.83. The highest BCUT2D eigenvalue weighted by Crippen LogP contribution is 2.29. The minimum absolute atomic E-state index is 0.193. The number of aromatic nitrogens is 4. The van der Waals surface area contributed by atoms with Crippen molar-refractivity contribution in [3.63, 3.8) is 0 Å². The second-order valence-corrected chi connectivity index (χ2v) is 8.79. The molecule has 1 aromatic carbocycles. The molecule has 0 fully saturated rings. The number of benzene rings is 1. The summed E-state index contributed by atoms with van der Waals surface area (Å²) in [6.07, 6.45) is 4.93. The van der Waals surface area contributed by atoms with Gasteiger partial charge in [0.05, 0.1) is 29.0 Å². The predicted molar refractivity (Wildman–Crippen MR) is 116 cm³/mol. The number of fused-ring (bicyclic) bond motifs is 1. The number of amides is 1. The first-order chi connectivity index (χ1) is 15.3. The van der Waals surface area contributed by atoms with Gasteiger partial charge in [0.1, 0.15) is 17.0 Å². The summed E-state index contributed by atoms with van der Waals surface area (Å²) in [7, 11) is -3.83. The molecule has 0 aliphatic heterocycles. The van der Waals surface area contributed by atoms with Crippen molar-refractivity contribution in [3.05, 3.63) is 60.1 Å². The van der Waals surface area contributed by atoms with E-state index in [-0.39, 0.29) is 11.4 Å². The van der Waals surface area contributed by atoms with Crippen LogP contribution in [0.2, 0.25) is 0 Å². The zero-order valence-corrected chi connectivity index (χ0v) is 17.6. The number of hydrogen-bond acceptors (Lipinski definition) is 5. The fourth-order valence-electron chi connectivity index (χ4n) is 3.22. The van der Waals surface area contributed by atoms with E-state index in [9.17, 15) is 22.0 Å². The SMILES string of the molecule is CCCS(=O)(=O)Nc1ccc(F)c(C(=O)Nc2cnc3[nH]cc(-c4ccn[nH]4)c3c2)c1F. The van der Waals surface area contributed by atoms with Crippen LogP contribution in [0.3, 0.4) is 0 Å². The summed E-state index contributed by atoms with van der Waals surface area (Å²) < 4.78 is 55.1. The maximum atomic E-state index is 14.9. The van der Waals surface area contributed by atoms with Crippen LogP contribution in [-0.4, -0.2) is 40.2 Å². The summed E-state index contributed by atoms with van der Waals surface area (Å²) >= 11 is 0. The van der Waals surface area contributed by atoms with Gasteiger partial charge in [-0.15, -0.1) is 0 Å². The van der Waals surface area contributed by atoms with Crippen molar-refractivity contribution >= 4 is 38.3 Å². The second kappa shape index (κ2) is 8.38. The van der Waals surface area contributed by atoms with Gasteiger partial charge >= 0.3 is 0 Å². The van der Waals surface area contributed by atoms with Crippen LogP contribution in [0.5, 0.6) is 0 Å². The first-order valence-electron chi connectivity index (χ1n) is 9.56. The van der Waals surface area contributed by atoms with Gasteiger partial charge in [0.2, 0.25) is 10.0 Å². The predicted octanol–water partition coefficient (Wildman–Crippen LogP) is 3.64. The molecular formula is C20H18F2N6O3S. The zero-order chi connectivity index (χ0) is 22.9. The highest BCUT2D eigenvalue weighted by molar-refractivity contribution is 7.92. The first kappa shape index (κ1) is 21.4. The fraction of sp³-hybridized carbons (Fsp3) is 0.150. The summed E-state index contributed by atoms with van der Waals surface area (Å²) in [4.78, 5) is 19.9. The third-order valence-corrected chi connectivity index (χ3v) is 6.11. The van der Waals surface area contributed by atoms with Crippen molar-refractivity contribution in [3.8, 4) is 11.3 Å². The number of rotatable bonds is 7. The molecule has 0 saturated carbocycles. The Hall–Kier alpha value is -3.80. The van der Waals surface area contributed by atoms with Crippen molar-refractivity contribution < 1.29 is 22.0 Å². The molecule has 1 amide bonds. The molecule has 0 saturated heterocycles. The van der Waals surface area contributed by atoms with Gasteiger partial charge in [0.15, 0.2) is 5.82 Å². The molecule has 4 rings (SSSR count). The highest BCUT2D eigenvalue weighted by atomic mass is 32.2. The molecule has 32 heavy (non-hydrogen) atoms. The number of carbonyl (C=O) groups excluding carboxylic acids is 1. The number of anilines is 2. The molecule has 9 nitrogen and oxygen atoms in total. The van der Waals surface area contributed by atoms with Crippen molar-refractivity contribution in [1.29, 1.82) is 0 Å². The van der Waals surface area contributed by atoms with Gasteiger partial charge in [-0.1, -0.05) is 6.92 Å². The van der Waals surface area contributed by atoms with Crippen molar-refractivity contribution in [2.45, 2.75) is 13.3 Å². The molecular weight excluding hydrogens is 442 g/mol. The Morgan fingerprint density at radius 3 is 2.75 bits per heavy atom. The molecule has 3 heterocycles. The molecule has 0 unspecified atom stereocenters. The molecule has 0 radical (unpaired) electrons. The van der Waals surface area contributed by atoms with Crippen LogP contribution in [0.25, 0.3) is 22.3 Å². The molecule has 0 bridgehead atoms. The van der Waals surface area contributed by atoms with Gasteiger partial charge in [-0.05, 0) is 30.7 Å². The van der Waals surface area contributed by atoms with Gasteiger partial charge in [-0.2, -0.15) is 5.10 Å². The highest BCUT2D eigenvalue weighted by Gasteiger charge is 2.23. The molecule has 0 aliphatic carbocycles. The number of nitrogens with one attached hydrogen (secondary N) is 4. The van der Waals surface area contributed by atoms with Crippen LogP contribution in [0.4, 0.5) is 20.2 Å². The van der Waals surface area contributed by atoms with E-state index in [2.05, 4.69) is 25.5 Å².